The van der Waals surface area contributed by atoms with Crippen LogP contribution in [0.25, 0.3) is 10.9 Å². The number of carbonyl (C=O) groups is 1. The fraction of sp³-hybridized carbons (Fsp3) is 0.111. The number of methoxy groups -OCH3 is 1. The number of hydrogen-bond acceptors (Lipinski definition) is 4. The molecule has 1 aromatic heterocycles. The summed E-state index contributed by atoms with van der Waals surface area (Å²) in [5.41, 5.74) is 1.52. The van der Waals surface area contributed by atoms with Gasteiger partial charge in [-0.2, -0.15) is 0 Å². The molecule has 5 heteroatoms. The van der Waals surface area contributed by atoms with Gasteiger partial charge in [0.2, 0.25) is 0 Å². The molecule has 5 nitrogen and oxygen atoms in total. The fourth-order valence-electron chi connectivity index (χ4n) is 2.26. The number of rotatable bonds is 5. The molecule has 1 N–H and O–H groups in total. The van der Waals surface area contributed by atoms with Crippen molar-refractivity contribution in [1.29, 1.82) is 0 Å². The summed E-state index contributed by atoms with van der Waals surface area (Å²) < 4.78 is 10.9. The van der Waals surface area contributed by atoms with Crippen LogP contribution in [0.4, 0.5) is 0 Å². The molecule has 0 spiro atoms. The molecule has 3 aromatic rings. The molecule has 23 heavy (non-hydrogen) atoms. The smallest absolute Gasteiger partial charge is 0.354 e. The van der Waals surface area contributed by atoms with Crippen molar-refractivity contribution in [3.8, 4) is 11.5 Å². The van der Waals surface area contributed by atoms with E-state index in [4.69, 9.17) is 9.47 Å². The molecule has 3 rings (SSSR count). The van der Waals surface area contributed by atoms with Gasteiger partial charge in [0, 0.05) is 11.5 Å². The van der Waals surface area contributed by atoms with Gasteiger partial charge in [-0.25, -0.2) is 9.78 Å². The number of para-hydroxylation sites is 1. The van der Waals surface area contributed by atoms with E-state index < -0.39 is 5.97 Å². The van der Waals surface area contributed by atoms with Crippen LogP contribution in [0.3, 0.4) is 0 Å². The molecule has 0 unspecified atom stereocenters. The molecule has 2 aromatic carbocycles. The Labute approximate surface area is 133 Å². The maximum Gasteiger partial charge on any atom is 0.354 e. The molecule has 116 valence electrons. The van der Waals surface area contributed by atoms with E-state index in [-0.39, 0.29) is 5.69 Å². The summed E-state index contributed by atoms with van der Waals surface area (Å²) in [5, 5.41) is 9.96. The highest BCUT2D eigenvalue weighted by molar-refractivity contribution is 5.93. The monoisotopic (exact) mass is 309 g/mol. The van der Waals surface area contributed by atoms with E-state index in [0.29, 0.717) is 17.9 Å². The summed E-state index contributed by atoms with van der Waals surface area (Å²) in [7, 11) is 1.61. The van der Waals surface area contributed by atoms with Crippen LogP contribution in [0.15, 0.2) is 54.6 Å². The average Bonchev–Trinajstić information content (AvgIpc) is 2.59. The lowest BCUT2D eigenvalue weighted by Crippen LogP contribution is -2.03. The van der Waals surface area contributed by atoms with Crippen molar-refractivity contribution < 1.29 is 19.4 Å². The number of aromatic nitrogens is 1. The highest BCUT2D eigenvalue weighted by Gasteiger charge is 2.11. The number of benzene rings is 2. The van der Waals surface area contributed by atoms with E-state index in [0.717, 1.165) is 16.7 Å². The van der Waals surface area contributed by atoms with E-state index in [9.17, 15) is 9.90 Å². The zero-order valence-electron chi connectivity index (χ0n) is 12.5. The standard InChI is InChI=1S/C18H15NO4/c1-22-13-8-6-12(7-9-13)11-23-17-10-16(18(20)21)19-15-5-3-2-4-14(15)17/h2-10H,11H2,1H3,(H,20,21). The summed E-state index contributed by atoms with van der Waals surface area (Å²) in [4.78, 5) is 15.3. The predicted octanol–water partition coefficient (Wildman–Crippen LogP) is 3.52. The number of ether oxygens (including phenoxy) is 2. The van der Waals surface area contributed by atoms with E-state index in [1.165, 1.54) is 6.07 Å². The molecule has 0 saturated carbocycles. The predicted molar refractivity (Wildman–Crippen MR) is 86.0 cm³/mol. The minimum absolute atomic E-state index is 0.0339. The second-order valence-corrected chi connectivity index (χ2v) is 4.96. The molecule has 1 heterocycles. The minimum atomic E-state index is -1.08. The highest BCUT2D eigenvalue weighted by Crippen LogP contribution is 2.26. The average molecular weight is 309 g/mol. The number of pyridine rings is 1. The third-order valence-electron chi connectivity index (χ3n) is 3.45. The largest absolute Gasteiger partial charge is 0.497 e. The number of aromatic carboxylic acids is 1. The lowest BCUT2D eigenvalue weighted by molar-refractivity contribution is 0.0690. The van der Waals surface area contributed by atoms with Crippen molar-refractivity contribution in [1.82, 2.24) is 4.98 Å². The quantitative estimate of drug-likeness (QED) is 0.781. The Balaban J connectivity index is 1.90. The Morgan fingerprint density at radius 2 is 1.87 bits per heavy atom. The molecule has 0 fully saturated rings. The first-order chi connectivity index (χ1) is 11.2. The summed E-state index contributed by atoms with van der Waals surface area (Å²) in [6.07, 6.45) is 0. The van der Waals surface area contributed by atoms with Crippen LogP contribution in [0.2, 0.25) is 0 Å². The Kier molecular flexibility index (Phi) is 4.10. The SMILES string of the molecule is COc1ccc(COc2cc(C(=O)O)nc3ccccc23)cc1. The van der Waals surface area contributed by atoms with E-state index in [1.54, 1.807) is 13.2 Å². The Hall–Kier alpha value is -3.08. The Bertz CT molecular complexity index is 843. The van der Waals surface area contributed by atoms with Crippen LogP contribution in [0.5, 0.6) is 11.5 Å². The molecule has 0 saturated heterocycles. The van der Waals surface area contributed by atoms with Gasteiger partial charge in [0.1, 0.15) is 18.1 Å². The van der Waals surface area contributed by atoms with Gasteiger partial charge < -0.3 is 14.6 Å². The van der Waals surface area contributed by atoms with Gasteiger partial charge in [0.05, 0.1) is 12.6 Å². The maximum atomic E-state index is 11.2. The van der Waals surface area contributed by atoms with Gasteiger partial charge in [-0.3, -0.25) is 0 Å². The van der Waals surface area contributed by atoms with E-state index >= 15 is 0 Å². The summed E-state index contributed by atoms with van der Waals surface area (Å²) in [6.45, 7) is 0.330. The summed E-state index contributed by atoms with van der Waals surface area (Å²) >= 11 is 0. The lowest BCUT2D eigenvalue weighted by atomic mass is 10.1. The number of carboxylic acids is 1. The van der Waals surface area contributed by atoms with Gasteiger partial charge in [-0.1, -0.05) is 24.3 Å². The van der Waals surface area contributed by atoms with Gasteiger partial charge in [0.15, 0.2) is 5.69 Å². The van der Waals surface area contributed by atoms with Crippen LogP contribution >= 0.6 is 0 Å². The molecule has 0 bridgehead atoms. The van der Waals surface area contributed by atoms with Crippen molar-refractivity contribution >= 4 is 16.9 Å². The van der Waals surface area contributed by atoms with Crippen LogP contribution in [0.1, 0.15) is 16.1 Å². The zero-order valence-corrected chi connectivity index (χ0v) is 12.5. The van der Waals surface area contributed by atoms with Gasteiger partial charge in [0.25, 0.3) is 0 Å². The van der Waals surface area contributed by atoms with Crippen LogP contribution in [-0.4, -0.2) is 23.2 Å². The van der Waals surface area contributed by atoms with Crippen molar-refractivity contribution in [3.05, 3.63) is 65.9 Å². The first-order valence-electron chi connectivity index (χ1n) is 7.06. The molecule has 0 radical (unpaired) electrons. The van der Waals surface area contributed by atoms with Crippen LogP contribution in [0, 0.1) is 0 Å². The second-order valence-electron chi connectivity index (χ2n) is 4.96. The number of hydrogen-bond donors (Lipinski definition) is 1. The number of nitrogens with zero attached hydrogens (tertiary/aromatic N) is 1. The normalized spacial score (nSPS) is 10.5. The first kappa shape index (κ1) is 14.8. The van der Waals surface area contributed by atoms with Gasteiger partial charge >= 0.3 is 5.97 Å². The Morgan fingerprint density at radius 3 is 2.57 bits per heavy atom. The molecule has 0 aliphatic heterocycles. The number of carboxylic acid groups (broad SMARTS) is 1. The topological polar surface area (TPSA) is 68.7 Å². The van der Waals surface area contributed by atoms with Crippen LogP contribution < -0.4 is 9.47 Å². The van der Waals surface area contributed by atoms with Crippen molar-refractivity contribution in [2.45, 2.75) is 6.61 Å². The highest BCUT2D eigenvalue weighted by atomic mass is 16.5. The van der Waals surface area contributed by atoms with Crippen molar-refractivity contribution in [2.75, 3.05) is 7.11 Å². The van der Waals surface area contributed by atoms with Gasteiger partial charge in [-0.05, 0) is 29.8 Å². The fourth-order valence-corrected chi connectivity index (χ4v) is 2.26. The molecule has 0 atom stereocenters. The zero-order chi connectivity index (χ0) is 16.2. The Morgan fingerprint density at radius 1 is 1.13 bits per heavy atom. The summed E-state index contributed by atoms with van der Waals surface area (Å²) in [5.74, 6) is 0.199. The third-order valence-corrected chi connectivity index (χ3v) is 3.45. The molecular weight excluding hydrogens is 294 g/mol. The lowest BCUT2D eigenvalue weighted by Gasteiger charge is -2.10. The van der Waals surface area contributed by atoms with Crippen molar-refractivity contribution in [2.24, 2.45) is 0 Å². The number of fused-ring (bicyclic) bond motifs is 1. The van der Waals surface area contributed by atoms with Crippen LogP contribution in [-0.2, 0) is 6.61 Å². The van der Waals surface area contributed by atoms with E-state index in [1.807, 2.05) is 42.5 Å². The molecular formula is C18H15NO4. The van der Waals surface area contributed by atoms with E-state index in [2.05, 4.69) is 4.98 Å². The molecule has 0 amide bonds. The molecule has 0 aliphatic carbocycles. The third kappa shape index (κ3) is 3.23. The molecule has 0 aliphatic rings. The maximum absolute atomic E-state index is 11.2. The van der Waals surface area contributed by atoms with Gasteiger partial charge in [-0.15, -0.1) is 0 Å². The first-order valence-corrected chi connectivity index (χ1v) is 7.06. The van der Waals surface area contributed by atoms with Crippen molar-refractivity contribution in [3.63, 3.8) is 0 Å². The summed E-state index contributed by atoms with van der Waals surface area (Å²) in [6, 6.07) is 16.3. The second kappa shape index (κ2) is 6.36. The minimum Gasteiger partial charge on any atom is -0.497 e.